The molecule has 0 aromatic heterocycles. The summed E-state index contributed by atoms with van der Waals surface area (Å²) in [7, 11) is -12.8. The van der Waals surface area contributed by atoms with Crippen molar-refractivity contribution < 1.29 is 48.0 Å². The zero-order chi connectivity index (χ0) is 15.0. The molecule has 106 valence electrons. The molecule has 0 rings (SSSR count). The molecule has 0 aromatic rings. The first kappa shape index (κ1) is 16.9. The fraction of sp³-hybridized carbons (Fsp3) is 0.400. The van der Waals surface area contributed by atoms with Gasteiger partial charge in [0.05, 0.1) is 5.41 Å². The van der Waals surface area contributed by atoms with Crippen molar-refractivity contribution >= 4 is 26.0 Å². The maximum absolute atomic E-state index is 11.9. The normalized spacial score (nSPS) is 15.6. The van der Waals surface area contributed by atoms with E-state index in [4.69, 9.17) is 0 Å². The van der Waals surface area contributed by atoms with Gasteiger partial charge in [-0.1, -0.05) is 0 Å². The predicted octanol–water partition coefficient (Wildman–Crippen LogP) is 0.896. The summed E-state index contributed by atoms with van der Waals surface area (Å²) in [5.74, 6) is 0. The molecule has 0 N–H and O–H groups in total. The number of hydrogen-bond donors (Lipinski definition) is 0. The third-order valence-corrected chi connectivity index (χ3v) is 4.13. The van der Waals surface area contributed by atoms with Gasteiger partial charge in [-0.2, -0.15) is 26.3 Å². The van der Waals surface area contributed by atoms with Gasteiger partial charge < -0.3 is 0 Å². The van der Waals surface area contributed by atoms with Crippen molar-refractivity contribution in [2.45, 2.75) is 11.0 Å². The Balaban J connectivity index is 6.05. The number of carbonyl (C=O) groups excluding carboxylic acids is 1. The second kappa shape index (κ2) is 4.53. The first-order valence-electron chi connectivity index (χ1n) is 3.46. The zero-order valence-corrected chi connectivity index (χ0v) is 9.41. The minimum atomic E-state index is -6.47. The van der Waals surface area contributed by atoms with Gasteiger partial charge in [-0.25, -0.2) is 16.8 Å². The zero-order valence-electron chi connectivity index (χ0n) is 7.78. The van der Waals surface area contributed by atoms with Gasteiger partial charge in [-0.3, -0.25) is 4.79 Å². The Morgan fingerprint density at radius 1 is 0.833 bits per heavy atom. The summed E-state index contributed by atoms with van der Waals surface area (Å²) in [6.07, 6.45) is -1.15. The summed E-state index contributed by atoms with van der Waals surface area (Å²) in [4.78, 5) is 7.48. The van der Waals surface area contributed by atoms with E-state index in [2.05, 4.69) is 0 Å². The topological polar surface area (TPSA) is 85.3 Å². The second-order valence-corrected chi connectivity index (χ2v) is 6.31. The highest BCUT2D eigenvalue weighted by Gasteiger charge is 2.51. The monoisotopic (exact) mass is 320 g/mol. The number of alkyl halides is 6. The molecule has 0 unspecified atom stereocenters. The van der Waals surface area contributed by atoms with E-state index in [0.717, 1.165) is 0 Å². The summed E-state index contributed by atoms with van der Waals surface area (Å²) in [5.41, 5.74) is -12.1. The Labute approximate surface area is 95.9 Å². The number of aldehydes is 1. The molecule has 0 bridgehead atoms. The Morgan fingerprint density at radius 2 is 1.22 bits per heavy atom. The molecule has 0 amide bonds. The Morgan fingerprint density at radius 3 is 1.44 bits per heavy atom. The molecule has 0 aromatic carbocycles. The largest absolute Gasteiger partial charge is 0.502 e. The lowest BCUT2D eigenvalue weighted by Gasteiger charge is -2.08. The SMILES string of the molecule is O=C/C(=C\S(=O)(=O)C(F)(F)F)S(=O)(=O)C(F)(F)F. The van der Waals surface area contributed by atoms with Crippen molar-refractivity contribution in [1.82, 2.24) is 0 Å². The highest BCUT2D eigenvalue weighted by atomic mass is 32.2. The quantitative estimate of drug-likeness (QED) is 0.438. The Hall–Kier alpha value is -1.11. The third kappa shape index (κ3) is 3.22. The van der Waals surface area contributed by atoms with Crippen LogP contribution in [-0.2, 0) is 24.5 Å². The lowest BCUT2D eigenvalue weighted by Crippen LogP contribution is -2.28. The first-order chi connectivity index (χ1) is 7.67. The van der Waals surface area contributed by atoms with Gasteiger partial charge in [-0.15, -0.1) is 0 Å². The molecule has 0 atom stereocenters. The highest BCUT2D eigenvalue weighted by molar-refractivity contribution is 7.99. The summed E-state index contributed by atoms with van der Waals surface area (Å²) >= 11 is 0. The highest BCUT2D eigenvalue weighted by Crippen LogP contribution is 2.31. The van der Waals surface area contributed by atoms with Gasteiger partial charge in [-0.05, 0) is 0 Å². The molecular formula is C5H2F6O5S2. The van der Waals surface area contributed by atoms with Crippen LogP contribution in [0.15, 0.2) is 10.3 Å². The third-order valence-electron chi connectivity index (χ3n) is 1.33. The van der Waals surface area contributed by atoms with Crippen LogP contribution in [0.1, 0.15) is 0 Å². The molecule has 5 nitrogen and oxygen atoms in total. The van der Waals surface area contributed by atoms with Crippen LogP contribution < -0.4 is 0 Å². The predicted molar refractivity (Wildman–Crippen MR) is 44.1 cm³/mol. The molecule has 0 fully saturated rings. The minimum absolute atomic E-state index is 1.15. The number of halogens is 6. The van der Waals surface area contributed by atoms with Gasteiger partial charge in [0.15, 0.2) is 6.29 Å². The molecule has 0 aliphatic carbocycles. The van der Waals surface area contributed by atoms with E-state index in [0.29, 0.717) is 0 Å². The van der Waals surface area contributed by atoms with Crippen molar-refractivity contribution in [2.75, 3.05) is 0 Å². The Kier molecular flexibility index (Phi) is 4.25. The number of rotatable bonds is 3. The van der Waals surface area contributed by atoms with Gasteiger partial charge >= 0.3 is 11.0 Å². The first-order valence-corrected chi connectivity index (χ1v) is 6.49. The van der Waals surface area contributed by atoms with Crippen LogP contribution in [0.5, 0.6) is 0 Å². The Bertz CT molecular complexity index is 562. The number of hydrogen-bond acceptors (Lipinski definition) is 5. The second-order valence-electron chi connectivity index (χ2n) is 2.58. The van der Waals surface area contributed by atoms with E-state index in [-0.39, 0.29) is 0 Å². The van der Waals surface area contributed by atoms with Crippen molar-refractivity contribution in [3.63, 3.8) is 0 Å². The molecule has 0 saturated carbocycles. The molecule has 0 radical (unpaired) electrons. The fourth-order valence-corrected chi connectivity index (χ4v) is 2.28. The van der Waals surface area contributed by atoms with Crippen molar-refractivity contribution in [3.8, 4) is 0 Å². The average Bonchev–Trinajstić information content (AvgIpc) is 2.10. The minimum Gasteiger partial charge on any atom is -0.297 e. The van der Waals surface area contributed by atoms with Gasteiger partial charge in [0, 0.05) is 0 Å². The summed E-state index contributed by atoms with van der Waals surface area (Å²) < 4.78 is 113. The maximum atomic E-state index is 11.9. The van der Waals surface area contributed by atoms with Crippen molar-refractivity contribution in [2.24, 2.45) is 0 Å². The van der Waals surface area contributed by atoms with Crippen LogP contribution in [0.25, 0.3) is 0 Å². The molecule has 0 spiro atoms. The van der Waals surface area contributed by atoms with Crippen LogP contribution in [0.4, 0.5) is 26.3 Å². The van der Waals surface area contributed by atoms with Crippen LogP contribution in [-0.4, -0.2) is 34.1 Å². The number of sulfone groups is 2. The molecule has 0 saturated heterocycles. The van der Waals surface area contributed by atoms with Gasteiger partial charge in [0.2, 0.25) is 0 Å². The molecule has 13 heteroatoms. The molecular weight excluding hydrogens is 318 g/mol. The van der Waals surface area contributed by atoms with Crippen LogP contribution in [0, 0.1) is 0 Å². The number of allylic oxidation sites excluding steroid dienone is 1. The molecule has 0 aliphatic rings. The lowest BCUT2D eigenvalue weighted by atomic mass is 10.7. The molecule has 0 aliphatic heterocycles. The summed E-state index contributed by atoms with van der Waals surface area (Å²) in [6, 6.07) is 0. The van der Waals surface area contributed by atoms with E-state index in [1.54, 1.807) is 0 Å². The van der Waals surface area contributed by atoms with E-state index in [9.17, 15) is 48.0 Å². The maximum Gasteiger partial charge on any atom is 0.502 e. The number of carbonyl (C=O) groups is 1. The lowest BCUT2D eigenvalue weighted by molar-refractivity contribution is -0.104. The van der Waals surface area contributed by atoms with Gasteiger partial charge in [0.1, 0.15) is 4.91 Å². The van der Waals surface area contributed by atoms with E-state index >= 15 is 0 Å². The fourth-order valence-electron chi connectivity index (χ4n) is 0.508. The smallest absolute Gasteiger partial charge is 0.297 e. The van der Waals surface area contributed by atoms with Crippen molar-refractivity contribution in [3.05, 3.63) is 10.3 Å². The van der Waals surface area contributed by atoms with Gasteiger partial charge in [0.25, 0.3) is 19.7 Å². The molecule has 18 heavy (non-hydrogen) atoms. The van der Waals surface area contributed by atoms with E-state index in [1.807, 2.05) is 0 Å². The van der Waals surface area contributed by atoms with Crippen LogP contribution in [0.2, 0.25) is 0 Å². The van der Waals surface area contributed by atoms with Crippen LogP contribution in [0.3, 0.4) is 0 Å². The summed E-state index contributed by atoms with van der Waals surface area (Å²) in [6.45, 7) is 0. The van der Waals surface area contributed by atoms with E-state index in [1.165, 1.54) is 0 Å². The summed E-state index contributed by atoms with van der Waals surface area (Å²) in [5, 5.41) is -1.29. The standard InChI is InChI=1S/C5H2F6O5S2/c6-4(7,8)17(13,14)2-3(1-12)18(15,16)5(9,10)11/h1-2H/b3-2+. The molecule has 0 heterocycles. The van der Waals surface area contributed by atoms with Crippen molar-refractivity contribution in [1.29, 1.82) is 0 Å². The van der Waals surface area contributed by atoms with E-state index < -0.39 is 47.3 Å². The van der Waals surface area contributed by atoms with Crippen LogP contribution >= 0.6 is 0 Å². The average molecular weight is 320 g/mol.